The van der Waals surface area contributed by atoms with Crippen LogP contribution in [0.1, 0.15) is 6.42 Å². The molecule has 3 heterocycles. The maximum absolute atomic E-state index is 14.2. The SMILES string of the molecule is O=C(CC1CNC1)N(C1C=CC2=C(Nc3cccc(-c4ccccc4)c3Cl)NSC2=C1)C1C=CC2=C(Nc3cccc(-c4ccccc4)c3Cl)NSC2=C1. The van der Waals surface area contributed by atoms with Gasteiger partial charge in [-0.1, -0.05) is 132 Å². The molecule has 1 amide bonds. The molecule has 0 saturated carbocycles. The summed E-state index contributed by atoms with van der Waals surface area (Å²) in [5, 5.41) is 11.7. The third-order valence-corrected chi connectivity index (χ3v) is 12.7. The van der Waals surface area contributed by atoms with Crippen molar-refractivity contribution in [1.29, 1.82) is 0 Å². The van der Waals surface area contributed by atoms with E-state index in [0.29, 0.717) is 22.4 Å². The summed E-state index contributed by atoms with van der Waals surface area (Å²) in [7, 11) is 0. The lowest BCUT2D eigenvalue weighted by Gasteiger charge is -2.37. The van der Waals surface area contributed by atoms with E-state index in [0.717, 1.165) is 79.3 Å². The third kappa shape index (κ3) is 6.87. The zero-order valence-corrected chi connectivity index (χ0v) is 32.1. The number of nitrogens with zero attached hydrogens (tertiary/aromatic N) is 1. The number of fused-ring (bicyclic) bond motifs is 2. The number of allylic oxidation sites excluding steroid dienone is 4. The van der Waals surface area contributed by atoms with E-state index < -0.39 is 0 Å². The quantitative estimate of drug-likeness (QED) is 0.102. The molecule has 5 N–H and O–H groups in total. The molecule has 2 aliphatic carbocycles. The molecular weight excluding hydrogens is 752 g/mol. The molecule has 1 fully saturated rings. The fraction of sp³-hybridized carbons (Fsp3) is 0.140. The number of hydrogen-bond acceptors (Lipinski definition) is 8. The molecule has 9 rings (SSSR count). The fourth-order valence-corrected chi connectivity index (χ4v) is 9.47. The van der Waals surface area contributed by atoms with Crippen LogP contribution in [0.15, 0.2) is 166 Å². The monoisotopic (exact) mass is 786 g/mol. The predicted molar refractivity (Wildman–Crippen MR) is 226 cm³/mol. The summed E-state index contributed by atoms with van der Waals surface area (Å²) in [5.74, 6) is 2.21. The molecule has 2 atom stereocenters. The van der Waals surface area contributed by atoms with Gasteiger partial charge in [0.15, 0.2) is 0 Å². The summed E-state index contributed by atoms with van der Waals surface area (Å²) in [6.07, 6.45) is 13.4. The maximum Gasteiger partial charge on any atom is 0.224 e. The topological polar surface area (TPSA) is 80.5 Å². The van der Waals surface area contributed by atoms with Gasteiger partial charge >= 0.3 is 0 Å². The number of halogens is 2. The summed E-state index contributed by atoms with van der Waals surface area (Å²) in [6, 6.07) is 31.9. The summed E-state index contributed by atoms with van der Waals surface area (Å²) in [4.78, 5) is 18.3. The average molecular weight is 788 g/mol. The number of anilines is 2. The second-order valence-electron chi connectivity index (χ2n) is 13.6. The van der Waals surface area contributed by atoms with E-state index in [2.05, 4.69) is 86.1 Å². The van der Waals surface area contributed by atoms with Crippen molar-refractivity contribution in [3.8, 4) is 22.3 Å². The third-order valence-electron chi connectivity index (χ3n) is 10.1. The van der Waals surface area contributed by atoms with E-state index in [1.807, 2.05) is 77.7 Å². The maximum atomic E-state index is 14.2. The van der Waals surface area contributed by atoms with Gasteiger partial charge in [0, 0.05) is 38.5 Å². The molecule has 54 heavy (non-hydrogen) atoms. The Morgan fingerprint density at radius 2 is 1.15 bits per heavy atom. The van der Waals surface area contributed by atoms with E-state index >= 15 is 0 Å². The van der Waals surface area contributed by atoms with Gasteiger partial charge in [0.25, 0.3) is 0 Å². The Morgan fingerprint density at radius 3 is 1.59 bits per heavy atom. The van der Waals surface area contributed by atoms with Gasteiger partial charge in [0.2, 0.25) is 5.91 Å². The molecule has 1 saturated heterocycles. The molecule has 270 valence electrons. The van der Waals surface area contributed by atoms with Gasteiger partial charge in [0.1, 0.15) is 11.6 Å². The molecule has 3 aliphatic heterocycles. The highest BCUT2D eigenvalue weighted by atomic mass is 35.5. The van der Waals surface area contributed by atoms with Crippen LogP contribution in [0.25, 0.3) is 22.3 Å². The van der Waals surface area contributed by atoms with Crippen LogP contribution < -0.4 is 25.4 Å². The normalized spacial score (nSPS) is 20.0. The van der Waals surface area contributed by atoms with Crippen LogP contribution in [0.5, 0.6) is 0 Å². The lowest BCUT2D eigenvalue weighted by atomic mass is 9.95. The van der Waals surface area contributed by atoms with Crippen molar-refractivity contribution >= 4 is 64.4 Å². The second-order valence-corrected chi connectivity index (χ2v) is 16.0. The standard InChI is InChI=1S/C43H36Cl2N6OS2/c44-40-31(27-9-3-1-4-10-27)13-7-15-35(40)47-42-33-19-17-29(22-37(33)53-49-42)51(39(52)21-26-24-46-25-26)30-18-20-34-38(23-30)54-50-43(34)48-36-16-8-14-32(41(36)45)28-11-5-2-6-12-28/h1-20,22-23,26,29-30,46-50H,21,24-25H2. The van der Waals surface area contributed by atoms with Crippen molar-refractivity contribution in [3.63, 3.8) is 0 Å². The van der Waals surface area contributed by atoms with Gasteiger partial charge in [0.05, 0.1) is 33.5 Å². The van der Waals surface area contributed by atoms with Crippen LogP contribution in [0.4, 0.5) is 11.4 Å². The highest BCUT2D eigenvalue weighted by molar-refractivity contribution is 8.02. The van der Waals surface area contributed by atoms with Crippen LogP contribution in [0, 0.1) is 5.92 Å². The number of benzene rings is 4. The molecule has 4 aromatic rings. The first-order chi connectivity index (χ1) is 26.5. The van der Waals surface area contributed by atoms with Gasteiger partial charge in [-0.3, -0.25) is 4.79 Å². The van der Waals surface area contributed by atoms with Crippen molar-refractivity contribution in [3.05, 3.63) is 176 Å². The fourth-order valence-electron chi connectivity index (χ4n) is 7.18. The Morgan fingerprint density at radius 1 is 0.667 bits per heavy atom. The number of nitrogens with one attached hydrogen (secondary N) is 5. The van der Waals surface area contributed by atoms with E-state index in [9.17, 15) is 4.79 Å². The molecule has 7 nitrogen and oxygen atoms in total. The minimum absolute atomic E-state index is 0.136. The van der Waals surface area contributed by atoms with Gasteiger partial charge < -0.3 is 30.3 Å². The van der Waals surface area contributed by atoms with E-state index in [4.69, 9.17) is 23.2 Å². The predicted octanol–water partition coefficient (Wildman–Crippen LogP) is 9.86. The highest BCUT2D eigenvalue weighted by Crippen LogP contribution is 2.42. The number of rotatable bonds is 10. The highest BCUT2D eigenvalue weighted by Gasteiger charge is 2.35. The number of carbonyl (C=O) groups excluding carboxylic acids is 1. The summed E-state index contributed by atoms with van der Waals surface area (Å²) >= 11 is 17.0. The summed E-state index contributed by atoms with van der Waals surface area (Å²) in [6.45, 7) is 1.74. The molecule has 4 aromatic carbocycles. The summed E-state index contributed by atoms with van der Waals surface area (Å²) < 4.78 is 6.92. The molecule has 0 radical (unpaired) electrons. The molecule has 2 unspecified atom stereocenters. The zero-order chi connectivity index (χ0) is 36.6. The van der Waals surface area contributed by atoms with Gasteiger partial charge in [-0.15, -0.1) is 0 Å². The van der Waals surface area contributed by atoms with Crippen LogP contribution >= 0.6 is 47.1 Å². The smallest absolute Gasteiger partial charge is 0.224 e. The van der Waals surface area contributed by atoms with Gasteiger partial charge in [-0.2, -0.15) is 0 Å². The van der Waals surface area contributed by atoms with E-state index in [1.165, 1.54) is 0 Å². The summed E-state index contributed by atoms with van der Waals surface area (Å²) in [5.41, 5.74) is 7.78. The molecule has 0 aromatic heterocycles. The van der Waals surface area contributed by atoms with Gasteiger partial charge in [-0.05, 0) is 78.3 Å². The first kappa shape index (κ1) is 35.0. The number of hydrogen-bond donors (Lipinski definition) is 5. The van der Waals surface area contributed by atoms with Crippen molar-refractivity contribution in [2.45, 2.75) is 18.5 Å². The van der Waals surface area contributed by atoms with Crippen LogP contribution in [-0.4, -0.2) is 36.0 Å². The lowest BCUT2D eigenvalue weighted by molar-refractivity contribution is -0.134. The van der Waals surface area contributed by atoms with Crippen molar-refractivity contribution in [2.75, 3.05) is 23.7 Å². The Hall–Kier alpha value is -4.77. The first-order valence-corrected chi connectivity index (χ1v) is 20.3. The van der Waals surface area contributed by atoms with E-state index in [-0.39, 0.29) is 18.0 Å². The first-order valence-electron chi connectivity index (χ1n) is 17.9. The number of carbonyl (C=O) groups is 1. The largest absolute Gasteiger partial charge is 0.340 e. The molecule has 0 spiro atoms. The molecule has 5 aliphatic rings. The van der Waals surface area contributed by atoms with Crippen LogP contribution in [0.3, 0.4) is 0 Å². The van der Waals surface area contributed by atoms with E-state index in [1.54, 1.807) is 23.9 Å². The average Bonchev–Trinajstić information content (AvgIpc) is 3.78. The van der Waals surface area contributed by atoms with Gasteiger partial charge in [-0.25, -0.2) is 0 Å². The second kappa shape index (κ2) is 15.2. The Balaban J connectivity index is 0.965. The Bertz CT molecular complexity index is 2170. The Labute approximate surface area is 333 Å². The minimum atomic E-state index is -0.226. The molecular formula is C43H36Cl2N6OS2. The lowest BCUT2D eigenvalue weighted by Crippen LogP contribution is -2.49. The van der Waals surface area contributed by atoms with Crippen LogP contribution in [-0.2, 0) is 4.79 Å². The zero-order valence-electron chi connectivity index (χ0n) is 29.0. The van der Waals surface area contributed by atoms with Crippen molar-refractivity contribution in [2.24, 2.45) is 5.92 Å². The molecule has 11 heteroatoms. The van der Waals surface area contributed by atoms with Crippen molar-refractivity contribution in [1.82, 2.24) is 19.7 Å². The minimum Gasteiger partial charge on any atom is -0.340 e. The molecule has 0 bridgehead atoms. The Kier molecular flexibility index (Phi) is 9.82. The number of amides is 1. The van der Waals surface area contributed by atoms with Crippen LogP contribution in [0.2, 0.25) is 10.0 Å². The van der Waals surface area contributed by atoms with Crippen molar-refractivity contribution < 1.29 is 4.79 Å².